The van der Waals surface area contributed by atoms with Crippen molar-refractivity contribution in [1.82, 2.24) is 9.78 Å². The molecule has 0 bridgehead atoms. The van der Waals surface area contributed by atoms with Crippen LogP contribution in [0.25, 0.3) is 10.2 Å². The van der Waals surface area contributed by atoms with Crippen molar-refractivity contribution >= 4 is 27.5 Å². The molecule has 0 saturated heterocycles. The van der Waals surface area contributed by atoms with Crippen molar-refractivity contribution in [3.8, 4) is 0 Å². The summed E-state index contributed by atoms with van der Waals surface area (Å²) in [5.41, 5.74) is -0.331. The Bertz CT molecular complexity index is 604. The summed E-state index contributed by atoms with van der Waals surface area (Å²) >= 11 is 0.989. The molecule has 2 aromatic heterocycles. The second kappa shape index (κ2) is 5.24. The van der Waals surface area contributed by atoms with Crippen LogP contribution in [0.3, 0.4) is 0 Å². The highest BCUT2D eigenvalue weighted by Crippen LogP contribution is 2.33. The van der Waals surface area contributed by atoms with E-state index in [0.29, 0.717) is 17.3 Å². The summed E-state index contributed by atoms with van der Waals surface area (Å²) < 4.78 is 27.3. The third kappa shape index (κ3) is 2.75. The Labute approximate surface area is 112 Å². The zero-order chi connectivity index (χ0) is 14.2. The van der Waals surface area contributed by atoms with E-state index in [0.717, 1.165) is 17.8 Å². The third-order valence-electron chi connectivity index (χ3n) is 2.79. The first-order chi connectivity index (χ1) is 8.90. The molecule has 0 aromatic carbocycles. The van der Waals surface area contributed by atoms with Crippen molar-refractivity contribution in [3.63, 3.8) is 0 Å². The number of alkyl halides is 2. The molecule has 2 aromatic rings. The molecule has 0 spiro atoms. The Hall–Kier alpha value is -1.50. The number of carboxylic acid groups (broad SMARTS) is 1. The molecule has 104 valence electrons. The van der Waals surface area contributed by atoms with Crippen LogP contribution in [-0.2, 0) is 6.54 Å². The number of aryl methyl sites for hydroxylation is 1. The number of hydrogen-bond acceptors (Lipinski definition) is 3. The number of halogens is 2. The van der Waals surface area contributed by atoms with Crippen LogP contribution in [0, 0.1) is 5.92 Å². The van der Waals surface area contributed by atoms with E-state index in [1.165, 1.54) is 10.7 Å². The minimum Gasteiger partial charge on any atom is -0.477 e. The monoisotopic (exact) mass is 288 g/mol. The normalized spacial score (nSPS) is 11.9. The Balaban J connectivity index is 2.47. The van der Waals surface area contributed by atoms with Gasteiger partial charge in [-0.1, -0.05) is 13.8 Å². The minimum absolute atomic E-state index is 0.0626. The maximum atomic E-state index is 12.9. The molecule has 0 saturated carbocycles. The molecule has 7 heteroatoms. The van der Waals surface area contributed by atoms with E-state index in [4.69, 9.17) is 5.11 Å². The molecule has 0 atom stereocenters. The van der Waals surface area contributed by atoms with Crippen molar-refractivity contribution < 1.29 is 18.7 Å². The average molecular weight is 288 g/mol. The summed E-state index contributed by atoms with van der Waals surface area (Å²) in [5, 5.41) is 13.1. The molecule has 0 aliphatic rings. The molecule has 19 heavy (non-hydrogen) atoms. The standard InChI is InChI=1S/C12H14F2N2O2S/c1-6(2)3-4-16-11-7(9(15-16)10(13)14)5-8(19-11)12(17)18/h5-6,10H,3-4H2,1-2H3,(H,17,18). The zero-order valence-electron chi connectivity index (χ0n) is 10.6. The molecule has 2 heterocycles. The Morgan fingerprint density at radius 3 is 2.74 bits per heavy atom. The summed E-state index contributed by atoms with van der Waals surface area (Å²) in [6, 6.07) is 1.28. The fraction of sp³-hybridized carbons (Fsp3) is 0.500. The smallest absolute Gasteiger partial charge is 0.345 e. The quantitative estimate of drug-likeness (QED) is 0.911. The van der Waals surface area contributed by atoms with Crippen LogP contribution in [0.2, 0.25) is 0 Å². The Morgan fingerprint density at radius 2 is 2.21 bits per heavy atom. The molecule has 0 aliphatic carbocycles. The largest absolute Gasteiger partial charge is 0.477 e. The fourth-order valence-corrected chi connectivity index (χ4v) is 2.77. The van der Waals surface area contributed by atoms with Gasteiger partial charge in [0.15, 0.2) is 0 Å². The van der Waals surface area contributed by atoms with Gasteiger partial charge in [-0.15, -0.1) is 11.3 Å². The van der Waals surface area contributed by atoms with Crippen molar-refractivity contribution in [2.24, 2.45) is 5.92 Å². The molecule has 2 rings (SSSR count). The predicted octanol–water partition coefficient (Wildman–Crippen LogP) is 3.78. The number of rotatable bonds is 5. The number of thiophene rings is 1. The number of aromatic carboxylic acids is 1. The van der Waals surface area contributed by atoms with Gasteiger partial charge in [0.2, 0.25) is 0 Å². The number of aromatic nitrogens is 2. The van der Waals surface area contributed by atoms with E-state index in [1.807, 2.05) is 13.8 Å². The number of hydrogen-bond donors (Lipinski definition) is 1. The molecule has 0 amide bonds. The predicted molar refractivity (Wildman–Crippen MR) is 69.0 cm³/mol. The van der Waals surface area contributed by atoms with Crippen LogP contribution in [0.4, 0.5) is 8.78 Å². The van der Waals surface area contributed by atoms with E-state index in [9.17, 15) is 13.6 Å². The number of fused-ring (bicyclic) bond motifs is 1. The SMILES string of the molecule is CC(C)CCn1nc(C(F)F)c2cc(C(=O)O)sc21. The zero-order valence-corrected chi connectivity index (χ0v) is 11.4. The van der Waals surface area contributed by atoms with E-state index >= 15 is 0 Å². The third-order valence-corrected chi connectivity index (χ3v) is 3.92. The first kappa shape index (κ1) is 13.9. The van der Waals surface area contributed by atoms with Gasteiger partial charge in [0.05, 0.1) is 0 Å². The molecular weight excluding hydrogens is 274 g/mol. The van der Waals surface area contributed by atoms with Crippen LogP contribution in [0.5, 0.6) is 0 Å². The molecule has 4 nitrogen and oxygen atoms in total. The summed E-state index contributed by atoms with van der Waals surface area (Å²) in [6.07, 6.45) is -1.89. The molecule has 0 radical (unpaired) electrons. The summed E-state index contributed by atoms with van der Waals surface area (Å²) in [5.74, 6) is -0.676. The lowest BCUT2D eigenvalue weighted by molar-refractivity contribution is 0.0702. The summed E-state index contributed by atoms with van der Waals surface area (Å²) in [7, 11) is 0. The highest BCUT2D eigenvalue weighted by molar-refractivity contribution is 7.20. The number of carboxylic acids is 1. The maximum Gasteiger partial charge on any atom is 0.345 e. The van der Waals surface area contributed by atoms with Gasteiger partial charge >= 0.3 is 5.97 Å². The second-order valence-electron chi connectivity index (χ2n) is 4.73. The van der Waals surface area contributed by atoms with Crippen molar-refractivity contribution in [1.29, 1.82) is 0 Å². The van der Waals surface area contributed by atoms with Crippen molar-refractivity contribution in [3.05, 3.63) is 16.6 Å². The van der Waals surface area contributed by atoms with Crippen LogP contribution in [0.1, 0.15) is 42.1 Å². The van der Waals surface area contributed by atoms with Gasteiger partial charge in [-0.25, -0.2) is 13.6 Å². The molecule has 1 N–H and O–H groups in total. The van der Waals surface area contributed by atoms with E-state index < -0.39 is 12.4 Å². The van der Waals surface area contributed by atoms with Gasteiger partial charge in [-0.05, 0) is 18.4 Å². The van der Waals surface area contributed by atoms with E-state index in [2.05, 4.69) is 5.10 Å². The van der Waals surface area contributed by atoms with E-state index in [1.54, 1.807) is 0 Å². The topological polar surface area (TPSA) is 55.1 Å². The maximum absolute atomic E-state index is 12.9. The van der Waals surface area contributed by atoms with Gasteiger partial charge in [-0.3, -0.25) is 4.68 Å². The van der Waals surface area contributed by atoms with Crippen molar-refractivity contribution in [2.75, 3.05) is 0 Å². The second-order valence-corrected chi connectivity index (χ2v) is 5.76. The fourth-order valence-electron chi connectivity index (χ4n) is 1.78. The van der Waals surface area contributed by atoms with Gasteiger partial charge in [-0.2, -0.15) is 5.10 Å². The number of nitrogens with zero attached hydrogens (tertiary/aromatic N) is 2. The van der Waals surface area contributed by atoms with E-state index in [-0.39, 0.29) is 16.0 Å². The average Bonchev–Trinajstić information content (AvgIpc) is 2.84. The number of carbonyl (C=O) groups is 1. The Kier molecular flexibility index (Phi) is 3.84. The highest BCUT2D eigenvalue weighted by atomic mass is 32.1. The highest BCUT2D eigenvalue weighted by Gasteiger charge is 2.22. The van der Waals surface area contributed by atoms with Gasteiger partial charge in [0.1, 0.15) is 15.4 Å². The Morgan fingerprint density at radius 1 is 1.53 bits per heavy atom. The first-order valence-corrected chi connectivity index (χ1v) is 6.73. The first-order valence-electron chi connectivity index (χ1n) is 5.91. The van der Waals surface area contributed by atoms with Crippen molar-refractivity contribution in [2.45, 2.75) is 33.2 Å². The van der Waals surface area contributed by atoms with Gasteiger partial charge < -0.3 is 5.11 Å². The van der Waals surface area contributed by atoms with Crippen LogP contribution >= 0.6 is 11.3 Å². The lowest BCUT2D eigenvalue weighted by Crippen LogP contribution is -2.03. The molecule has 0 fully saturated rings. The van der Waals surface area contributed by atoms with Gasteiger partial charge in [0, 0.05) is 11.9 Å². The molecule has 0 aliphatic heterocycles. The van der Waals surface area contributed by atoms with Crippen LogP contribution in [-0.4, -0.2) is 20.9 Å². The minimum atomic E-state index is -2.70. The van der Waals surface area contributed by atoms with Gasteiger partial charge in [0.25, 0.3) is 6.43 Å². The lowest BCUT2D eigenvalue weighted by atomic mass is 10.1. The lowest BCUT2D eigenvalue weighted by Gasteiger charge is -2.04. The van der Waals surface area contributed by atoms with Crippen LogP contribution < -0.4 is 0 Å². The molecular formula is C12H14F2N2O2S. The summed E-state index contributed by atoms with van der Waals surface area (Å²) in [6.45, 7) is 4.58. The molecule has 0 unspecified atom stereocenters. The summed E-state index contributed by atoms with van der Waals surface area (Å²) in [4.78, 5) is 11.5. The van der Waals surface area contributed by atoms with Crippen LogP contribution in [0.15, 0.2) is 6.07 Å².